The molecular formula is C26H30F2N2O6S. The molecule has 0 radical (unpaired) electrons. The third-order valence-electron chi connectivity index (χ3n) is 6.29. The number of halogens is 2. The molecule has 0 spiro atoms. The highest BCUT2D eigenvalue weighted by molar-refractivity contribution is 8.32. The number of hydrogen-bond donors (Lipinski definition) is 2. The van der Waals surface area contributed by atoms with E-state index in [0.717, 1.165) is 17.7 Å². The number of hydrogen-bond acceptors (Lipinski definition) is 5. The zero-order chi connectivity index (χ0) is 26.9. The molecule has 2 aliphatic heterocycles. The van der Waals surface area contributed by atoms with Crippen molar-refractivity contribution >= 4 is 33.5 Å². The maximum Gasteiger partial charge on any atom is 0.303 e. The number of carboxylic acid groups (broad SMARTS) is 1. The summed E-state index contributed by atoms with van der Waals surface area (Å²) in [5.74, 6) is -2.46. The second-order valence-electron chi connectivity index (χ2n) is 9.74. The van der Waals surface area contributed by atoms with Gasteiger partial charge in [-0.2, -0.15) is 0 Å². The lowest BCUT2D eigenvalue weighted by Crippen LogP contribution is -2.45. The van der Waals surface area contributed by atoms with Crippen molar-refractivity contribution in [3.63, 3.8) is 0 Å². The second kappa shape index (κ2) is 10.6. The molecule has 11 heteroatoms. The van der Waals surface area contributed by atoms with Crippen LogP contribution < -0.4 is 14.8 Å². The highest BCUT2D eigenvalue weighted by Gasteiger charge is 2.38. The van der Waals surface area contributed by atoms with Crippen molar-refractivity contribution in [1.29, 1.82) is 0 Å². The van der Waals surface area contributed by atoms with Crippen molar-refractivity contribution in [2.75, 3.05) is 43.8 Å². The Kier molecular flexibility index (Phi) is 7.63. The van der Waals surface area contributed by atoms with Crippen LogP contribution in [0.3, 0.4) is 0 Å². The quantitative estimate of drug-likeness (QED) is 0.552. The fraction of sp³-hybridized carbons (Fsp3) is 0.423. The van der Waals surface area contributed by atoms with Crippen molar-refractivity contribution in [2.24, 2.45) is 0 Å². The average Bonchev–Trinajstić information content (AvgIpc) is 2.81. The standard InChI is InChI=1S/C26H30F2N2O6S/c1-37(2,3)25-18(27)13-15(14-19(25)28)29-26(34)23-16-7-8-20-24(36-12-11-35-20)17(16)9-10-30(23)21(31)5-4-6-22(32)33/h7-8,13-14,23H,4-6,9-12H2,1-3H3,(H,29,34)(H,32,33)/t23-/m1/s1. The summed E-state index contributed by atoms with van der Waals surface area (Å²) >= 11 is 0. The van der Waals surface area contributed by atoms with Gasteiger partial charge in [0, 0.05) is 30.6 Å². The molecule has 0 aliphatic carbocycles. The number of fused-ring (bicyclic) bond motifs is 3. The number of carbonyl (C=O) groups excluding carboxylic acids is 2. The Morgan fingerprint density at radius 3 is 2.41 bits per heavy atom. The fourth-order valence-corrected chi connectivity index (χ4v) is 6.03. The molecule has 2 aromatic rings. The normalized spacial score (nSPS) is 17.1. The topological polar surface area (TPSA) is 105 Å². The molecule has 8 nitrogen and oxygen atoms in total. The lowest BCUT2D eigenvalue weighted by molar-refractivity contribution is -0.140. The summed E-state index contributed by atoms with van der Waals surface area (Å²) in [5, 5.41) is 11.5. The summed E-state index contributed by atoms with van der Waals surface area (Å²) < 4.78 is 41.1. The number of nitrogens with zero attached hydrogens (tertiary/aromatic N) is 1. The molecule has 4 rings (SSSR count). The van der Waals surface area contributed by atoms with Gasteiger partial charge in [0.05, 0.1) is 4.90 Å². The first kappa shape index (κ1) is 26.7. The van der Waals surface area contributed by atoms with Gasteiger partial charge in [-0.1, -0.05) is 6.07 Å². The highest BCUT2D eigenvalue weighted by Crippen LogP contribution is 2.49. The monoisotopic (exact) mass is 536 g/mol. The van der Waals surface area contributed by atoms with Crippen molar-refractivity contribution in [1.82, 2.24) is 4.90 Å². The van der Waals surface area contributed by atoms with Crippen LogP contribution >= 0.6 is 10.0 Å². The third kappa shape index (κ3) is 5.66. The Morgan fingerprint density at radius 1 is 1.08 bits per heavy atom. The SMILES string of the molecule is CS(C)(C)c1c(F)cc(NC(=O)[C@H]2c3ccc4c(c3CCN2C(=O)CCCC(=O)O)OCCO4)cc1F. The first-order chi connectivity index (χ1) is 17.5. The molecule has 1 atom stereocenters. The summed E-state index contributed by atoms with van der Waals surface area (Å²) in [6.07, 6.45) is 5.61. The van der Waals surface area contributed by atoms with Gasteiger partial charge in [0.15, 0.2) is 11.5 Å². The highest BCUT2D eigenvalue weighted by atomic mass is 32.3. The molecule has 200 valence electrons. The van der Waals surface area contributed by atoms with E-state index in [2.05, 4.69) is 5.32 Å². The van der Waals surface area contributed by atoms with Crippen LogP contribution in [0.4, 0.5) is 14.5 Å². The Hall–Kier alpha value is -3.34. The first-order valence-corrected chi connectivity index (χ1v) is 14.7. The van der Waals surface area contributed by atoms with Crippen molar-refractivity contribution in [2.45, 2.75) is 36.6 Å². The molecule has 0 saturated heterocycles. The van der Waals surface area contributed by atoms with Gasteiger partial charge in [-0.25, -0.2) is 18.8 Å². The Morgan fingerprint density at radius 2 is 1.76 bits per heavy atom. The molecule has 37 heavy (non-hydrogen) atoms. The average molecular weight is 537 g/mol. The van der Waals surface area contributed by atoms with Crippen LogP contribution in [0.5, 0.6) is 11.5 Å². The van der Waals surface area contributed by atoms with Gasteiger partial charge in [0.2, 0.25) is 5.91 Å². The van der Waals surface area contributed by atoms with Crippen LogP contribution in [0.15, 0.2) is 29.2 Å². The van der Waals surface area contributed by atoms with Gasteiger partial charge in [-0.15, -0.1) is 0 Å². The maximum absolute atomic E-state index is 14.8. The number of carboxylic acids is 1. The molecule has 0 aromatic heterocycles. The van der Waals surface area contributed by atoms with E-state index >= 15 is 0 Å². The lowest BCUT2D eigenvalue weighted by Gasteiger charge is -2.38. The summed E-state index contributed by atoms with van der Waals surface area (Å²) in [7, 11) is -1.70. The summed E-state index contributed by atoms with van der Waals surface area (Å²) in [6, 6.07) is 4.43. The predicted octanol–water partition coefficient (Wildman–Crippen LogP) is 4.11. The van der Waals surface area contributed by atoms with E-state index < -0.39 is 39.6 Å². The molecule has 2 N–H and O–H groups in total. The zero-order valence-corrected chi connectivity index (χ0v) is 21.8. The molecule has 2 aromatic carbocycles. The molecule has 0 fully saturated rings. The van der Waals surface area contributed by atoms with E-state index in [1.807, 2.05) is 0 Å². The van der Waals surface area contributed by atoms with Crippen molar-refractivity contribution in [3.05, 3.63) is 47.0 Å². The Balaban J connectivity index is 1.68. The molecule has 0 unspecified atom stereocenters. The predicted molar refractivity (Wildman–Crippen MR) is 136 cm³/mol. The van der Waals surface area contributed by atoms with Crippen molar-refractivity contribution in [3.8, 4) is 11.5 Å². The van der Waals surface area contributed by atoms with E-state index in [4.69, 9.17) is 14.6 Å². The minimum absolute atomic E-state index is 0.00692. The largest absolute Gasteiger partial charge is 0.486 e. The van der Waals surface area contributed by atoms with Crippen LogP contribution in [0.25, 0.3) is 0 Å². The van der Waals surface area contributed by atoms with E-state index in [1.165, 1.54) is 4.90 Å². The van der Waals surface area contributed by atoms with Gasteiger partial charge in [0.25, 0.3) is 5.91 Å². The van der Waals surface area contributed by atoms with Gasteiger partial charge in [-0.05, 0) is 55.4 Å². The summed E-state index contributed by atoms with van der Waals surface area (Å²) in [5.41, 5.74) is 1.20. The Bertz CT molecular complexity index is 1220. The van der Waals surface area contributed by atoms with Crippen LogP contribution in [0.1, 0.15) is 36.4 Å². The van der Waals surface area contributed by atoms with Crippen LogP contribution in [0, 0.1) is 11.6 Å². The molecule has 0 saturated carbocycles. The minimum atomic E-state index is -1.70. The van der Waals surface area contributed by atoms with Crippen molar-refractivity contribution < 1.29 is 37.7 Å². The smallest absolute Gasteiger partial charge is 0.303 e. The van der Waals surface area contributed by atoms with E-state index in [9.17, 15) is 23.2 Å². The summed E-state index contributed by atoms with van der Waals surface area (Å²) in [4.78, 5) is 39.0. The maximum atomic E-state index is 14.8. The number of carbonyl (C=O) groups is 3. The van der Waals surface area contributed by atoms with Gasteiger partial charge < -0.3 is 24.8 Å². The number of amides is 2. The molecule has 2 aliphatic rings. The molecule has 2 amide bonds. The van der Waals surface area contributed by atoms with Gasteiger partial charge in [-0.3, -0.25) is 14.4 Å². The molecule has 0 bridgehead atoms. The van der Waals surface area contributed by atoms with E-state index in [0.29, 0.717) is 36.7 Å². The number of benzene rings is 2. The number of nitrogens with one attached hydrogen (secondary N) is 1. The molecule has 2 heterocycles. The fourth-order valence-electron chi connectivity index (χ4n) is 4.75. The lowest BCUT2D eigenvalue weighted by atomic mass is 9.90. The number of rotatable bonds is 7. The van der Waals surface area contributed by atoms with Crippen LogP contribution in [0.2, 0.25) is 0 Å². The Labute approximate surface area is 215 Å². The van der Waals surface area contributed by atoms with Crippen LogP contribution in [-0.2, 0) is 20.8 Å². The second-order valence-corrected chi connectivity index (χ2v) is 13.8. The first-order valence-electron chi connectivity index (χ1n) is 11.9. The van der Waals surface area contributed by atoms with E-state index in [-0.39, 0.29) is 42.3 Å². The number of anilines is 1. The minimum Gasteiger partial charge on any atom is -0.486 e. The number of ether oxygens (including phenoxy) is 2. The van der Waals surface area contributed by atoms with Crippen LogP contribution in [-0.4, -0.2) is 66.3 Å². The zero-order valence-electron chi connectivity index (χ0n) is 20.9. The van der Waals surface area contributed by atoms with E-state index in [1.54, 1.807) is 30.9 Å². The molecular weight excluding hydrogens is 506 g/mol. The number of aliphatic carboxylic acids is 1. The van der Waals surface area contributed by atoms with Gasteiger partial charge >= 0.3 is 5.97 Å². The third-order valence-corrected chi connectivity index (χ3v) is 7.90. The summed E-state index contributed by atoms with van der Waals surface area (Å²) in [6.45, 7) is 0.929. The van der Waals surface area contributed by atoms with Gasteiger partial charge in [0.1, 0.15) is 30.9 Å².